The summed E-state index contributed by atoms with van der Waals surface area (Å²) in [5, 5.41) is 3.08. The Morgan fingerprint density at radius 3 is 2.89 bits per heavy atom. The van der Waals surface area contributed by atoms with Gasteiger partial charge in [0.15, 0.2) is 0 Å². The Morgan fingerprint density at radius 2 is 2.21 bits per heavy atom. The van der Waals surface area contributed by atoms with E-state index >= 15 is 0 Å². The number of thiocarbonyl (C=S) groups is 1. The molecule has 3 N–H and O–H groups in total. The molecule has 0 aliphatic heterocycles. The molecule has 4 nitrogen and oxygen atoms in total. The van der Waals surface area contributed by atoms with Gasteiger partial charge in [-0.3, -0.25) is 0 Å². The number of hydrogen-bond donors (Lipinski definition) is 2. The van der Waals surface area contributed by atoms with Crippen molar-refractivity contribution in [2.24, 2.45) is 5.73 Å². The average Bonchev–Trinajstić information content (AvgIpc) is 2.36. The van der Waals surface area contributed by atoms with Crippen molar-refractivity contribution in [1.29, 1.82) is 0 Å². The van der Waals surface area contributed by atoms with E-state index in [1.807, 2.05) is 6.92 Å². The van der Waals surface area contributed by atoms with Crippen molar-refractivity contribution >= 4 is 22.9 Å². The quantitative estimate of drug-likeness (QED) is 0.838. The molecular formula is C13H13FN4S. The third kappa shape index (κ3) is 3.23. The molecular weight excluding hydrogens is 263 g/mol. The number of anilines is 1. The maximum Gasteiger partial charge on any atom is 0.135 e. The molecule has 0 fully saturated rings. The van der Waals surface area contributed by atoms with Crippen LogP contribution in [0.5, 0.6) is 0 Å². The van der Waals surface area contributed by atoms with Crippen LogP contribution in [0, 0.1) is 12.7 Å². The normalized spacial score (nSPS) is 10.2. The van der Waals surface area contributed by atoms with Crippen molar-refractivity contribution in [2.75, 3.05) is 5.32 Å². The Kier molecular flexibility index (Phi) is 4.01. The van der Waals surface area contributed by atoms with Crippen LogP contribution in [0.3, 0.4) is 0 Å². The van der Waals surface area contributed by atoms with Gasteiger partial charge < -0.3 is 11.1 Å². The van der Waals surface area contributed by atoms with Gasteiger partial charge in [0.2, 0.25) is 0 Å². The fraction of sp³-hybridized carbons (Fsp3) is 0.154. The molecule has 19 heavy (non-hydrogen) atoms. The number of benzene rings is 1. The minimum Gasteiger partial charge on any atom is -0.389 e. The number of aryl methyl sites for hydroxylation is 1. The van der Waals surface area contributed by atoms with Crippen LogP contribution < -0.4 is 11.1 Å². The summed E-state index contributed by atoms with van der Waals surface area (Å²) in [5.41, 5.74) is 7.13. The standard InChI is InChI=1S/C13H13FN4S/c1-8-16-6-5-9(18-8)7-17-11-4-2-3-10(14)12(11)13(15)19/h2-6,17H,7H2,1H3,(H2,15,19). The van der Waals surface area contributed by atoms with Gasteiger partial charge in [-0.15, -0.1) is 0 Å². The Bertz CT molecular complexity index is 615. The number of hydrogen-bond acceptors (Lipinski definition) is 4. The Morgan fingerprint density at radius 1 is 1.42 bits per heavy atom. The highest BCUT2D eigenvalue weighted by atomic mass is 32.1. The maximum absolute atomic E-state index is 13.7. The number of aromatic nitrogens is 2. The number of rotatable bonds is 4. The Hall–Kier alpha value is -2.08. The zero-order valence-corrected chi connectivity index (χ0v) is 11.2. The molecule has 0 amide bonds. The SMILES string of the molecule is Cc1nccc(CNc2cccc(F)c2C(N)=S)n1. The summed E-state index contributed by atoms with van der Waals surface area (Å²) in [6.45, 7) is 2.26. The largest absolute Gasteiger partial charge is 0.389 e. The van der Waals surface area contributed by atoms with E-state index in [-0.39, 0.29) is 10.6 Å². The molecule has 98 valence electrons. The first-order valence-electron chi connectivity index (χ1n) is 5.68. The van der Waals surface area contributed by atoms with Crippen LogP contribution in [0.4, 0.5) is 10.1 Å². The lowest BCUT2D eigenvalue weighted by Gasteiger charge is -2.11. The highest BCUT2D eigenvalue weighted by molar-refractivity contribution is 7.80. The van der Waals surface area contributed by atoms with Crippen molar-refractivity contribution in [1.82, 2.24) is 9.97 Å². The molecule has 2 aromatic rings. The van der Waals surface area contributed by atoms with Crippen LogP contribution in [-0.4, -0.2) is 15.0 Å². The van der Waals surface area contributed by atoms with Gasteiger partial charge in [0.1, 0.15) is 16.6 Å². The third-order valence-corrected chi connectivity index (χ3v) is 2.76. The third-order valence-electron chi connectivity index (χ3n) is 2.55. The van der Waals surface area contributed by atoms with E-state index in [0.717, 1.165) is 5.69 Å². The summed E-state index contributed by atoms with van der Waals surface area (Å²) in [6.07, 6.45) is 1.68. The van der Waals surface area contributed by atoms with Gasteiger partial charge in [0.05, 0.1) is 17.8 Å². The van der Waals surface area contributed by atoms with Gasteiger partial charge in [0, 0.05) is 11.9 Å². The summed E-state index contributed by atoms with van der Waals surface area (Å²) >= 11 is 4.86. The predicted octanol–water partition coefficient (Wildman–Crippen LogP) is 2.17. The topological polar surface area (TPSA) is 63.8 Å². The van der Waals surface area contributed by atoms with E-state index in [9.17, 15) is 4.39 Å². The summed E-state index contributed by atoms with van der Waals surface area (Å²) in [6, 6.07) is 6.45. The fourth-order valence-electron chi connectivity index (χ4n) is 1.71. The van der Waals surface area contributed by atoms with Crippen molar-refractivity contribution in [2.45, 2.75) is 13.5 Å². The molecule has 1 aromatic heterocycles. The summed E-state index contributed by atoms with van der Waals surface area (Å²) in [4.78, 5) is 8.30. The van der Waals surface area contributed by atoms with Crippen LogP contribution in [-0.2, 0) is 6.54 Å². The second-order valence-electron chi connectivity index (χ2n) is 3.98. The number of nitrogens with zero attached hydrogens (tertiary/aromatic N) is 2. The lowest BCUT2D eigenvalue weighted by Crippen LogP contribution is -2.15. The zero-order valence-electron chi connectivity index (χ0n) is 10.4. The molecule has 0 saturated heterocycles. The predicted molar refractivity (Wildman–Crippen MR) is 76.4 cm³/mol. The molecule has 1 heterocycles. The van der Waals surface area contributed by atoms with Gasteiger partial charge in [-0.25, -0.2) is 14.4 Å². The van der Waals surface area contributed by atoms with Crippen LogP contribution in [0.25, 0.3) is 0 Å². The van der Waals surface area contributed by atoms with Gasteiger partial charge in [-0.1, -0.05) is 18.3 Å². The number of halogens is 1. The van der Waals surface area contributed by atoms with E-state index in [1.54, 1.807) is 24.4 Å². The summed E-state index contributed by atoms with van der Waals surface area (Å²) in [7, 11) is 0. The Balaban J connectivity index is 2.20. The fourth-order valence-corrected chi connectivity index (χ4v) is 1.92. The molecule has 2 rings (SSSR count). The monoisotopic (exact) mass is 276 g/mol. The second kappa shape index (κ2) is 5.71. The zero-order chi connectivity index (χ0) is 13.8. The van der Waals surface area contributed by atoms with Crippen molar-refractivity contribution in [3.05, 3.63) is 53.4 Å². The van der Waals surface area contributed by atoms with Crippen molar-refractivity contribution in [3.63, 3.8) is 0 Å². The van der Waals surface area contributed by atoms with Gasteiger partial charge in [-0.2, -0.15) is 0 Å². The van der Waals surface area contributed by atoms with Crippen LogP contribution in [0.1, 0.15) is 17.1 Å². The van der Waals surface area contributed by atoms with E-state index in [2.05, 4.69) is 15.3 Å². The highest BCUT2D eigenvalue weighted by Gasteiger charge is 2.10. The first kappa shape index (κ1) is 13.4. The lowest BCUT2D eigenvalue weighted by molar-refractivity contribution is 0.626. The molecule has 0 radical (unpaired) electrons. The smallest absolute Gasteiger partial charge is 0.135 e. The van der Waals surface area contributed by atoms with Crippen molar-refractivity contribution in [3.8, 4) is 0 Å². The molecule has 0 aliphatic carbocycles. The van der Waals surface area contributed by atoms with E-state index in [4.69, 9.17) is 18.0 Å². The number of nitrogens with two attached hydrogens (primary N) is 1. The lowest BCUT2D eigenvalue weighted by atomic mass is 10.1. The van der Waals surface area contributed by atoms with Crippen LogP contribution >= 0.6 is 12.2 Å². The summed E-state index contributed by atoms with van der Waals surface area (Å²) < 4.78 is 13.7. The minimum atomic E-state index is -0.434. The Labute approximate surface area is 115 Å². The second-order valence-corrected chi connectivity index (χ2v) is 4.42. The molecule has 6 heteroatoms. The van der Waals surface area contributed by atoms with Crippen LogP contribution in [0.15, 0.2) is 30.5 Å². The molecule has 1 aromatic carbocycles. The molecule has 0 aliphatic rings. The number of nitrogens with one attached hydrogen (secondary N) is 1. The van der Waals surface area contributed by atoms with E-state index in [1.165, 1.54) is 6.07 Å². The average molecular weight is 276 g/mol. The van der Waals surface area contributed by atoms with E-state index < -0.39 is 5.82 Å². The van der Waals surface area contributed by atoms with Gasteiger partial charge in [0.25, 0.3) is 0 Å². The minimum absolute atomic E-state index is 0.0273. The van der Waals surface area contributed by atoms with Crippen LogP contribution in [0.2, 0.25) is 0 Å². The van der Waals surface area contributed by atoms with Gasteiger partial charge >= 0.3 is 0 Å². The molecule has 0 unspecified atom stereocenters. The first-order chi connectivity index (χ1) is 9.08. The summed E-state index contributed by atoms with van der Waals surface area (Å²) in [5.74, 6) is 0.254. The molecule has 0 atom stereocenters. The molecule has 0 saturated carbocycles. The van der Waals surface area contributed by atoms with Crippen molar-refractivity contribution < 1.29 is 4.39 Å². The first-order valence-corrected chi connectivity index (χ1v) is 6.09. The van der Waals surface area contributed by atoms with E-state index in [0.29, 0.717) is 18.1 Å². The van der Waals surface area contributed by atoms with Gasteiger partial charge in [-0.05, 0) is 25.1 Å². The highest BCUT2D eigenvalue weighted by Crippen LogP contribution is 2.19. The molecule has 0 spiro atoms. The molecule has 0 bridgehead atoms. The maximum atomic E-state index is 13.7.